The number of hydrogen-bond acceptors (Lipinski definition) is 2. The molecule has 0 bridgehead atoms. The molecule has 2 nitrogen and oxygen atoms in total. The van der Waals surface area contributed by atoms with E-state index in [0.29, 0.717) is 5.92 Å². The lowest BCUT2D eigenvalue weighted by Crippen LogP contribution is -2.29. The summed E-state index contributed by atoms with van der Waals surface area (Å²) in [5, 5.41) is 0. The lowest BCUT2D eigenvalue weighted by atomic mass is 9.83. The molecule has 0 saturated heterocycles. The minimum atomic E-state index is -0.164. The van der Waals surface area contributed by atoms with Gasteiger partial charge < -0.3 is 4.74 Å². The molecule has 0 aliphatic heterocycles. The van der Waals surface area contributed by atoms with Gasteiger partial charge >= 0.3 is 5.97 Å². The Morgan fingerprint density at radius 1 is 1.50 bits per heavy atom. The number of carbonyl (C=O) groups excluding carboxylic acids is 1. The summed E-state index contributed by atoms with van der Waals surface area (Å²) in [6.07, 6.45) is 11.7. The quantitative estimate of drug-likeness (QED) is 0.509. The van der Waals surface area contributed by atoms with E-state index in [2.05, 4.69) is 5.92 Å². The molecule has 0 aromatic carbocycles. The van der Waals surface area contributed by atoms with Crippen molar-refractivity contribution in [3.05, 3.63) is 0 Å². The molecule has 1 aliphatic carbocycles. The highest BCUT2D eigenvalue weighted by molar-refractivity contribution is 5.66. The SMILES string of the molecule is C#CCCC1CCCCC1OC(C)=O. The van der Waals surface area contributed by atoms with Crippen LogP contribution in [0.4, 0.5) is 0 Å². The molecular formula is C12H18O2. The molecule has 14 heavy (non-hydrogen) atoms. The predicted molar refractivity (Wildman–Crippen MR) is 55.6 cm³/mol. The molecular weight excluding hydrogens is 176 g/mol. The van der Waals surface area contributed by atoms with Crippen LogP contribution in [0.5, 0.6) is 0 Å². The zero-order chi connectivity index (χ0) is 10.4. The van der Waals surface area contributed by atoms with Crippen molar-refractivity contribution < 1.29 is 9.53 Å². The number of carbonyl (C=O) groups is 1. The molecule has 0 spiro atoms. The van der Waals surface area contributed by atoms with E-state index in [-0.39, 0.29) is 12.1 Å². The molecule has 78 valence electrons. The van der Waals surface area contributed by atoms with E-state index in [1.165, 1.54) is 19.8 Å². The zero-order valence-electron chi connectivity index (χ0n) is 8.79. The highest BCUT2D eigenvalue weighted by Crippen LogP contribution is 2.30. The summed E-state index contributed by atoms with van der Waals surface area (Å²) in [6.45, 7) is 1.48. The highest BCUT2D eigenvalue weighted by Gasteiger charge is 2.26. The maximum atomic E-state index is 10.9. The summed E-state index contributed by atoms with van der Waals surface area (Å²) in [5.74, 6) is 2.97. The fourth-order valence-electron chi connectivity index (χ4n) is 2.14. The Morgan fingerprint density at radius 2 is 2.21 bits per heavy atom. The summed E-state index contributed by atoms with van der Waals surface area (Å²) in [7, 11) is 0. The summed E-state index contributed by atoms with van der Waals surface area (Å²) in [5.41, 5.74) is 0. The van der Waals surface area contributed by atoms with Crippen LogP contribution in [0.2, 0.25) is 0 Å². The van der Waals surface area contributed by atoms with Gasteiger partial charge in [0.25, 0.3) is 0 Å². The van der Waals surface area contributed by atoms with Crippen molar-refractivity contribution in [3.8, 4) is 12.3 Å². The largest absolute Gasteiger partial charge is 0.462 e. The lowest BCUT2D eigenvalue weighted by Gasteiger charge is -2.30. The van der Waals surface area contributed by atoms with Crippen LogP contribution in [-0.4, -0.2) is 12.1 Å². The molecule has 0 aromatic rings. The minimum absolute atomic E-state index is 0.120. The van der Waals surface area contributed by atoms with Crippen molar-refractivity contribution >= 4 is 5.97 Å². The van der Waals surface area contributed by atoms with Crippen LogP contribution in [0.15, 0.2) is 0 Å². The van der Waals surface area contributed by atoms with Gasteiger partial charge in [0.1, 0.15) is 6.10 Å². The first-order valence-electron chi connectivity index (χ1n) is 5.34. The maximum absolute atomic E-state index is 10.9. The first kappa shape index (κ1) is 11.1. The molecule has 2 unspecified atom stereocenters. The van der Waals surface area contributed by atoms with Crippen molar-refractivity contribution in [2.24, 2.45) is 5.92 Å². The van der Waals surface area contributed by atoms with Crippen LogP contribution >= 0.6 is 0 Å². The predicted octanol–water partition coefficient (Wildman–Crippen LogP) is 2.52. The fourth-order valence-corrected chi connectivity index (χ4v) is 2.14. The van der Waals surface area contributed by atoms with Crippen LogP contribution in [-0.2, 0) is 9.53 Å². The first-order valence-corrected chi connectivity index (χ1v) is 5.34. The molecule has 1 saturated carbocycles. The Balaban J connectivity index is 2.42. The number of esters is 1. The topological polar surface area (TPSA) is 26.3 Å². The Hall–Kier alpha value is -0.970. The monoisotopic (exact) mass is 194 g/mol. The molecule has 1 fully saturated rings. The Labute approximate surface area is 86.0 Å². The number of hydrogen-bond donors (Lipinski definition) is 0. The van der Waals surface area contributed by atoms with Crippen LogP contribution in [0.3, 0.4) is 0 Å². The third-order valence-corrected chi connectivity index (χ3v) is 2.82. The summed E-state index contributed by atoms with van der Waals surface area (Å²) >= 11 is 0. The van der Waals surface area contributed by atoms with Crippen LogP contribution in [0, 0.1) is 18.3 Å². The molecule has 0 radical (unpaired) electrons. The van der Waals surface area contributed by atoms with Gasteiger partial charge in [-0.05, 0) is 31.6 Å². The van der Waals surface area contributed by atoms with Crippen LogP contribution in [0.1, 0.15) is 45.4 Å². The molecule has 0 aromatic heterocycles. The molecule has 0 N–H and O–H groups in total. The highest BCUT2D eigenvalue weighted by atomic mass is 16.5. The van der Waals surface area contributed by atoms with Gasteiger partial charge in [-0.15, -0.1) is 12.3 Å². The second-order valence-corrected chi connectivity index (χ2v) is 3.94. The number of terminal acetylenes is 1. The second-order valence-electron chi connectivity index (χ2n) is 3.94. The third kappa shape index (κ3) is 3.41. The Bertz CT molecular complexity index is 227. The van der Waals surface area contributed by atoms with Gasteiger partial charge in [0.05, 0.1) is 0 Å². The van der Waals surface area contributed by atoms with Gasteiger partial charge in [0.2, 0.25) is 0 Å². The summed E-state index contributed by atoms with van der Waals surface area (Å²) in [4.78, 5) is 10.9. The first-order chi connectivity index (χ1) is 6.74. The normalized spacial score (nSPS) is 26.6. The molecule has 0 amide bonds. The van der Waals surface area contributed by atoms with Crippen molar-refractivity contribution in [2.75, 3.05) is 0 Å². The lowest BCUT2D eigenvalue weighted by molar-refractivity contribution is -0.150. The van der Waals surface area contributed by atoms with Crippen LogP contribution in [0.25, 0.3) is 0 Å². The van der Waals surface area contributed by atoms with Gasteiger partial charge in [0, 0.05) is 13.3 Å². The van der Waals surface area contributed by atoms with E-state index in [9.17, 15) is 4.79 Å². The van der Waals surface area contributed by atoms with Crippen molar-refractivity contribution in [1.82, 2.24) is 0 Å². The number of rotatable bonds is 3. The Morgan fingerprint density at radius 3 is 2.86 bits per heavy atom. The van der Waals surface area contributed by atoms with Gasteiger partial charge in [-0.3, -0.25) is 4.79 Å². The average Bonchev–Trinajstić information content (AvgIpc) is 2.16. The van der Waals surface area contributed by atoms with Gasteiger partial charge in [-0.2, -0.15) is 0 Å². The van der Waals surface area contributed by atoms with Crippen molar-refractivity contribution in [1.29, 1.82) is 0 Å². The standard InChI is InChI=1S/C12H18O2/c1-3-4-7-11-8-5-6-9-12(11)14-10(2)13/h1,11-12H,4-9H2,2H3. The van der Waals surface area contributed by atoms with E-state index in [4.69, 9.17) is 11.2 Å². The maximum Gasteiger partial charge on any atom is 0.302 e. The van der Waals surface area contributed by atoms with Crippen LogP contribution < -0.4 is 0 Å². The average molecular weight is 194 g/mol. The smallest absolute Gasteiger partial charge is 0.302 e. The van der Waals surface area contributed by atoms with Gasteiger partial charge in [-0.25, -0.2) is 0 Å². The minimum Gasteiger partial charge on any atom is -0.462 e. The van der Waals surface area contributed by atoms with E-state index in [1.54, 1.807) is 0 Å². The molecule has 2 heteroatoms. The third-order valence-electron chi connectivity index (χ3n) is 2.82. The van der Waals surface area contributed by atoms with E-state index in [1.807, 2.05) is 0 Å². The van der Waals surface area contributed by atoms with Gasteiger partial charge in [0.15, 0.2) is 0 Å². The molecule has 1 aliphatic rings. The molecule has 2 atom stereocenters. The van der Waals surface area contributed by atoms with Crippen molar-refractivity contribution in [2.45, 2.75) is 51.6 Å². The van der Waals surface area contributed by atoms with E-state index >= 15 is 0 Å². The Kier molecular flexibility index (Phi) is 4.52. The van der Waals surface area contributed by atoms with Gasteiger partial charge in [-0.1, -0.05) is 6.42 Å². The summed E-state index contributed by atoms with van der Waals surface area (Å²) < 4.78 is 5.29. The number of ether oxygens (including phenoxy) is 1. The second kappa shape index (κ2) is 5.70. The molecule has 0 heterocycles. The van der Waals surface area contributed by atoms with Crippen molar-refractivity contribution in [3.63, 3.8) is 0 Å². The summed E-state index contributed by atoms with van der Waals surface area (Å²) in [6, 6.07) is 0. The fraction of sp³-hybridized carbons (Fsp3) is 0.750. The molecule has 1 rings (SSSR count). The zero-order valence-corrected chi connectivity index (χ0v) is 8.79. The van der Waals surface area contributed by atoms with E-state index < -0.39 is 0 Å². The van der Waals surface area contributed by atoms with E-state index in [0.717, 1.165) is 25.7 Å².